The second-order valence-corrected chi connectivity index (χ2v) is 3.38. The van der Waals surface area contributed by atoms with Gasteiger partial charge in [0.15, 0.2) is 0 Å². The summed E-state index contributed by atoms with van der Waals surface area (Å²) in [6, 6.07) is 0. The zero-order valence-electron chi connectivity index (χ0n) is 7.81. The topological polar surface area (TPSA) is 41.1 Å². The number of rotatable bonds is 3. The van der Waals surface area contributed by atoms with E-state index in [4.69, 9.17) is 6.42 Å². The molecule has 0 saturated carbocycles. The molecule has 0 bridgehead atoms. The Labute approximate surface area is 79.3 Å². The van der Waals surface area contributed by atoms with Gasteiger partial charge in [-0.1, -0.05) is 5.92 Å². The van der Waals surface area contributed by atoms with Gasteiger partial charge in [0, 0.05) is 6.54 Å². The molecule has 1 heterocycles. The van der Waals surface area contributed by atoms with Crippen molar-refractivity contribution in [3.8, 4) is 12.3 Å². The lowest BCUT2D eigenvalue weighted by Gasteiger charge is -2.22. The van der Waals surface area contributed by atoms with E-state index >= 15 is 0 Å². The number of nitrogens with one attached hydrogen (secondary N) is 2. The van der Waals surface area contributed by atoms with E-state index in [1.807, 2.05) is 0 Å². The zero-order chi connectivity index (χ0) is 9.52. The molecular formula is C10H16N2O. The van der Waals surface area contributed by atoms with E-state index in [1.54, 1.807) is 0 Å². The van der Waals surface area contributed by atoms with E-state index in [-0.39, 0.29) is 12.3 Å². The third kappa shape index (κ3) is 3.95. The van der Waals surface area contributed by atoms with E-state index in [0.29, 0.717) is 5.92 Å². The number of carbonyl (C=O) groups is 1. The van der Waals surface area contributed by atoms with Gasteiger partial charge in [0.2, 0.25) is 5.91 Å². The molecule has 0 aromatic carbocycles. The molecule has 72 valence electrons. The predicted molar refractivity (Wildman–Crippen MR) is 52.1 cm³/mol. The molecule has 0 aromatic rings. The first kappa shape index (κ1) is 10.1. The van der Waals surface area contributed by atoms with Gasteiger partial charge in [0.1, 0.15) is 0 Å². The van der Waals surface area contributed by atoms with Crippen LogP contribution in [0.2, 0.25) is 0 Å². The Morgan fingerprint density at radius 1 is 1.54 bits per heavy atom. The third-order valence-corrected chi connectivity index (χ3v) is 2.31. The van der Waals surface area contributed by atoms with Gasteiger partial charge in [0.05, 0.1) is 6.42 Å². The zero-order valence-corrected chi connectivity index (χ0v) is 7.81. The molecule has 1 saturated heterocycles. The second-order valence-electron chi connectivity index (χ2n) is 3.38. The van der Waals surface area contributed by atoms with E-state index < -0.39 is 0 Å². The summed E-state index contributed by atoms with van der Waals surface area (Å²) in [5.41, 5.74) is 0. The number of hydrogen-bond donors (Lipinski definition) is 2. The largest absolute Gasteiger partial charge is 0.355 e. The molecule has 3 heteroatoms. The van der Waals surface area contributed by atoms with E-state index in [2.05, 4.69) is 16.6 Å². The van der Waals surface area contributed by atoms with E-state index in [0.717, 1.165) is 32.5 Å². The standard InChI is InChI=1S/C10H16N2O/c1-2-3-10(13)12-8-9-4-6-11-7-5-9/h1,9,11H,3-8H2,(H,12,13). The van der Waals surface area contributed by atoms with Gasteiger partial charge in [-0.2, -0.15) is 0 Å². The van der Waals surface area contributed by atoms with Crippen LogP contribution in [0.4, 0.5) is 0 Å². The summed E-state index contributed by atoms with van der Waals surface area (Å²) in [4.78, 5) is 11.0. The maximum absolute atomic E-state index is 11.0. The Morgan fingerprint density at radius 2 is 2.23 bits per heavy atom. The monoisotopic (exact) mass is 180 g/mol. The number of carbonyl (C=O) groups excluding carboxylic acids is 1. The molecule has 0 spiro atoms. The van der Waals surface area contributed by atoms with Crippen molar-refractivity contribution in [1.29, 1.82) is 0 Å². The highest BCUT2D eigenvalue weighted by atomic mass is 16.1. The highest BCUT2D eigenvalue weighted by molar-refractivity contribution is 5.78. The summed E-state index contributed by atoms with van der Waals surface area (Å²) >= 11 is 0. The molecule has 1 fully saturated rings. The second kappa shape index (κ2) is 5.60. The Kier molecular flexibility index (Phi) is 4.34. The minimum absolute atomic E-state index is 0.0268. The Bertz CT molecular complexity index is 201. The van der Waals surface area contributed by atoms with Crippen LogP contribution in [0.3, 0.4) is 0 Å². The molecule has 0 aliphatic carbocycles. The average Bonchev–Trinajstić information content (AvgIpc) is 2.17. The number of hydrogen-bond acceptors (Lipinski definition) is 2. The fourth-order valence-electron chi connectivity index (χ4n) is 1.50. The quantitative estimate of drug-likeness (QED) is 0.606. The van der Waals surface area contributed by atoms with Gasteiger partial charge in [-0.25, -0.2) is 0 Å². The van der Waals surface area contributed by atoms with Crippen molar-refractivity contribution < 1.29 is 4.79 Å². The van der Waals surface area contributed by atoms with E-state index in [1.165, 1.54) is 0 Å². The first-order valence-corrected chi connectivity index (χ1v) is 4.74. The molecule has 3 nitrogen and oxygen atoms in total. The van der Waals surface area contributed by atoms with Crippen LogP contribution >= 0.6 is 0 Å². The van der Waals surface area contributed by atoms with Crippen molar-refractivity contribution in [3.05, 3.63) is 0 Å². The van der Waals surface area contributed by atoms with Crippen LogP contribution in [0, 0.1) is 18.3 Å². The van der Waals surface area contributed by atoms with Crippen LogP contribution in [0.15, 0.2) is 0 Å². The normalized spacial score (nSPS) is 17.8. The lowest BCUT2D eigenvalue weighted by Crippen LogP contribution is -2.35. The SMILES string of the molecule is C#CCC(=O)NCC1CCNCC1. The summed E-state index contributed by atoms with van der Waals surface area (Å²) in [7, 11) is 0. The molecule has 1 amide bonds. The van der Waals surface area contributed by atoms with Crippen molar-refractivity contribution in [2.45, 2.75) is 19.3 Å². The highest BCUT2D eigenvalue weighted by Gasteiger charge is 2.13. The predicted octanol–water partition coefficient (Wildman–Crippen LogP) is 0.125. The lowest BCUT2D eigenvalue weighted by molar-refractivity contribution is -0.120. The summed E-state index contributed by atoms with van der Waals surface area (Å²) in [6.45, 7) is 2.91. The number of piperidine rings is 1. The van der Waals surface area contributed by atoms with Crippen molar-refractivity contribution in [2.24, 2.45) is 5.92 Å². The van der Waals surface area contributed by atoms with Gasteiger partial charge in [-0.3, -0.25) is 4.79 Å². The lowest BCUT2D eigenvalue weighted by atomic mass is 9.98. The van der Waals surface area contributed by atoms with Crippen LogP contribution in [0.25, 0.3) is 0 Å². The molecule has 1 aliphatic rings. The van der Waals surface area contributed by atoms with Gasteiger partial charge in [-0.15, -0.1) is 6.42 Å². The summed E-state index contributed by atoms with van der Waals surface area (Å²) in [5, 5.41) is 6.13. The fraction of sp³-hybridized carbons (Fsp3) is 0.700. The maximum Gasteiger partial charge on any atom is 0.232 e. The Morgan fingerprint density at radius 3 is 2.85 bits per heavy atom. The molecule has 13 heavy (non-hydrogen) atoms. The number of terminal acetylenes is 1. The number of amides is 1. The molecule has 2 N–H and O–H groups in total. The van der Waals surface area contributed by atoms with Crippen LogP contribution < -0.4 is 10.6 Å². The van der Waals surface area contributed by atoms with Gasteiger partial charge in [-0.05, 0) is 31.8 Å². The van der Waals surface area contributed by atoms with Crippen LogP contribution in [0.5, 0.6) is 0 Å². The van der Waals surface area contributed by atoms with Crippen LogP contribution in [0.1, 0.15) is 19.3 Å². The molecule has 0 atom stereocenters. The molecule has 1 rings (SSSR count). The Hall–Kier alpha value is -1.01. The van der Waals surface area contributed by atoms with Crippen LogP contribution in [-0.4, -0.2) is 25.5 Å². The van der Waals surface area contributed by atoms with Crippen LogP contribution in [-0.2, 0) is 4.79 Å². The molecular weight excluding hydrogens is 164 g/mol. The smallest absolute Gasteiger partial charge is 0.232 e. The fourth-order valence-corrected chi connectivity index (χ4v) is 1.50. The average molecular weight is 180 g/mol. The van der Waals surface area contributed by atoms with Gasteiger partial charge in [0.25, 0.3) is 0 Å². The Balaban J connectivity index is 2.10. The van der Waals surface area contributed by atoms with Crippen molar-refractivity contribution in [1.82, 2.24) is 10.6 Å². The van der Waals surface area contributed by atoms with Crippen molar-refractivity contribution >= 4 is 5.91 Å². The van der Waals surface area contributed by atoms with Crippen molar-refractivity contribution in [3.63, 3.8) is 0 Å². The first-order chi connectivity index (χ1) is 6.33. The maximum atomic E-state index is 11.0. The summed E-state index contributed by atoms with van der Waals surface area (Å²) in [6.07, 6.45) is 7.51. The minimum atomic E-state index is -0.0268. The minimum Gasteiger partial charge on any atom is -0.355 e. The molecule has 0 aromatic heterocycles. The third-order valence-electron chi connectivity index (χ3n) is 2.31. The van der Waals surface area contributed by atoms with Gasteiger partial charge >= 0.3 is 0 Å². The van der Waals surface area contributed by atoms with Crippen molar-refractivity contribution in [2.75, 3.05) is 19.6 Å². The highest BCUT2D eigenvalue weighted by Crippen LogP contribution is 2.09. The first-order valence-electron chi connectivity index (χ1n) is 4.74. The van der Waals surface area contributed by atoms with Gasteiger partial charge < -0.3 is 10.6 Å². The molecule has 1 aliphatic heterocycles. The van der Waals surface area contributed by atoms with E-state index in [9.17, 15) is 4.79 Å². The summed E-state index contributed by atoms with van der Waals surface area (Å²) in [5.74, 6) is 2.93. The summed E-state index contributed by atoms with van der Waals surface area (Å²) < 4.78 is 0. The molecule has 0 unspecified atom stereocenters. The molecule has 0 radical (unpaired) electrons.